The lowest BCUT2D eigenvalue weighted by molar-refractivity contribution is 0.460. The Kier molecular flexibility index (Phi) is 4.36. The van der Waals surface area contributed by atoms with Crippen molar-refractivity contribution in [3.63, 3.8) is 0 Å². The minimum atomic E-state index is -0.703. The average molecular weight is 351 g/mol. The van der Waals surface area contributed by atoms with Crippen LogP contribution in [0.1, 0.15) is 32.0 Å². The molecule has 2 aromatic rings. The van der Waals surface area contributed by atoms with Crippen LogP contribution in [0.2, 0.25) is 0 Å². The Bertz CT molecular complexity index is 963. The van der Waals surface area contributed by atoms with E-state index in [1.807, 2.05) is 6.07 Å². The van der Waals surface area contributed by atoms with E-state index in [0.717, 1.165) is 5.75 Å². The lowest BCUT2D eigenvalue weighted by atomic mass is 9.90. The van der Waals surface area contributed by atoms with Crippen LogP contribution in [-0.4, -0.2) is 20.3 Å². The van der Waals surface area contributed by atoms with Crippen LogP contribution in [0, 0.1) is 28.6 Å². The number of nitriles is 2. The van der Waals surface area contributed by atoms with Gasteiger partial charge >= 0.3 is 0 Å². The fraction of sp³-hybridized carbons (Fsp3) is 0.389. The molecule has 0 radical (unpaired) electrons. The summed E-state index contributed by atoms with van der Waals surface area (Å²) in [5.74, 6) is 1.26. The zero-order valence-electron chi connectivity index (χ0n) is 14.3. The molecule has 3 rings (SSSR count). The molecule has 1 aliphatic heterocycles. The summed E-state index contributed by atoms with van der Waals surface area (Å²) in [5, 5.41) is 19.3. The van der Waals surface area contributed by atoms with Crippen molar-refractivity contribution in [2.24, 2.45) is 5.92 Å². The highest BCUT2D eigenvalue weighted by Crippen LogP contribution is 2.29. The Balaban J connectivity index is 2.13. The van der Waals surface area contributed by atoms with Crippen LogP contribution < -0.4 is 5.56 Å². The van der Waals surface area contributed by atoms with Crippen LogP contribution in [0.3, 0.4) is 0 Å². The third kappa shape index (κ3) is 3.04. The van der Waals surface area contributed by atoms with Crippen molar-refractivity contribution < 1.29 is 0 Å². The van der Waals surface area contributed by atoms with Crippen molar-refractivity contribution in [1.82, 2.24) is 14.5 Å². The molecule has 126 valence electrons. The minimum absolute atomic E-state index is 0.0348. The molecule has 2 aromatic heterocycles. The first-order chi connectivity index (χ1) is 11.9. The van der Waals surface area contributed by atoms with Gasteiger partial charge in [-0.2, -0.15) is 10.5 Å². The predicted molar refractivity (Wildman–Crippen MR) is 95.0 cm³/mol. The molecule has 0 fully saturated rings. The molecule has 3 heterocycles. The van der Waals surface area contributed by atoms with Crippen LogP contribution in [0.25, 0.3) is 11.3 Å². The first-order valence-electron chi connectivity index (χ1n) is 7.93. The second kappa shape index (κ2) is 6.34. The summed E-state index contributed by atoms with van der Waals surface area (Å²) >= 11 is 1.53. The van der Waals surface area contributed by atoms with Gasteiger partial charge in [-0.05, 0) is 31.9 Å². The van der Waals surface area contributed by atoms with E-state index in [4.69, 9.17) is 0 Å². The standard InChI is InChI=1S/C18H17N5OS/c1-11-8-23-16(24)13(6-19)15(22-17(23)25-9-11)12-4-5-14(21-7-12)18(2,3)10-20/h4-5,7,11H,8-9H2,1-3H3. The van der Waals surface area contributed by atoms with Gasteiger partial charge in [0.05, 0.1) is 22.9 Å². The summed E-state index contributed by atoms with van der Waals surface area (Å²) in [6.07, 6.45) is 1.57. The monoisotopic (exact) mass is 351 g/mol. The van der Waals surface area contributed by atoms with Gasteiger partial charge in [0.2, 0.25) is 0 Å². The molecule has 0 spiro atoms. The lowest BCUT2D eigenvalue weighted by Gasteiger charge is -2.23. The fourth-order valence-electron chi connectivity index (χ4n) is 2.66. The Morgan fingerprint density at radius 2 is 2.12 bits per heavy atom. The second-order valence-corrected chi connectivity index (χ2v) is 7.72. The molecule has 0 aromatic carbocycles. The average Bonchev–Trinajstić information content (AvgIpc) is 2.62. The van der Waals surface area contributed by atoms with Crippen LogP contribution in [0.4, 0.5) is 0 Å². The summed E-state index contributed by atoms with van der Waals surface area (Å²) in [6, 6.07) is 7.71. The number of pyridine rings is 1. The Hall–Kier alpha value is -2.64. The van der Waals surface area contributed by atoms with E-state index in [9.17, 15) is 15.3 Å². The van der Waals surface area contributed by atoms with Crippen molar-refractivity contribution in [1.29, 1.82) is 10.5 Å². The van der Waals surface area contributed by atoms with E-state index in [-0.39, 0.29) is 11.1 Å². The fourth-order valence-corrected chi connectivity index (χ4v) is 3.67. The molecular formula is C18H17N5OS. The van der Waals surface area contributed by atoms with Crippen LogP contribution in [-0.2, 0) is 12.0 Å². The molecule has 1 atom stereocenters. The van der Waals surface area contributed by atoms with Crippen molar-refractivity contribution >= 4 is 11.8 Å². The van der Waals surface area contributed by atoms with Crippen LogP contribution in [0.5, 0.6) is 0 Å². The Morgan fingerprint density at radius 3 is 2.72 bits per heavy atom. The number of thioether (sulfide) groups is 1. The molecular weight excluding hydrogens is 334 g/mol. The summed E-state index contributed by atoms with van der Waals surface area (Å²) in [5.41, 5.74) is 0.625. The SMILES string of the molecule is CC1CSc2nc(-c3ccc(C(C)(C)C#N)nc3)c(C#N)c(=O)n2C1. The molecule has 0 bridgehead atoms. The Morgan fingerprint density at radius 1 is 1.36 bits per heavy atom. The molecule has 0 N–H and O–H groups in total. The molecule has 25 heavy (non-hydrogen) atoms. The van der Waals surface area contributed by atoms with Gasteiger partial charge in [-0.3, -0.25) is 14.3 Å². The van der Waals surface area contributed by atoms with Gasteiger partial charge in [0, 0.05) is 24.1 Å². The highest BCUT2D eigenvalue weighted by molar-refractivity contribution is 7.99. The number of hydrogen-bond acceptors (Lipinski definition) is 6. The topological polar surface area (TPSA) is 95.4 Å². The molecule has 1 aliphatic rings. The summed E-state index contributed by atoms with van der Waals surface area (Å²) in [6.45, 7) is 6.23. The first kappa shape index (κ1) is 17.2. The number of fused-ring (bicyclic) bond motifs is 1. The molecule has 0 aliphatic carbocycles. The van der Waals surface area contributed by atoms with Crippen LogP contribution in [0.15, 0.2) is 28.3 Å². The molecule has 7 heteroatoms. The maximum absolute atomic E-state index is 12.7. The second-order valence-electron chi connectivity index (χ2n) is 6.73. The molecule has 0 amide bonds. The quantitative estimate of drug-likeness (QED) is 0.772. The van der Waals surface area contributed by atoms with Gasteiger partial charge in [0.1, 0.15) is 11.6 Å². The van der Waals surface area contributed by atoms with E-state index in [1.165, 1.54) is 11.8 Å². The lowest BCUT2D eigenvalue weighted by Crippen LogP contribution is -2.32. The summed E-state index contributed by atoms with van der Waals surface area (Å²) < 4.78 is 1.58. The number of aromatic nitrogens is 3. The van der Waals surface area contributed by atoms with Gasteiger partial charge in [0.15, 0.2) is 5.16 Å². The zero-order chi connectivity index (χ0) is 18.2. The third-order valence-corrected chi connectivity index (χ3v) is 5.50. The molecule has 6 nitrogen and oxygen atoms in total. The molecule has 1 unspecified atom stereocenters. The van der Waals surface area contributed by atoms with Crippen molar-refractivity contribution in [2.75, 3.05) is 5.75 Å². The zero-order valence-corrected chi connectivity index (χ0v) is 15.1. The van der Waals surface area contributed by atoms with Gasteiger partial charge in [-0.1, -0.05) is 18.7 Å². The van der Waals surface area contributed by atoms with E-state index in [1.54, 1.807) is 36.7 Å². The van der Waals surface area contributed by atoms with Gasteiger partial charge in [-0.15, -0.1) is 0 Å². The highest BCUT2D eigenvalue weighted by Gasteiger charge is 2.25. The van der Waals surface area contributed by atoms with E-state index >= 15 is 0 Å². The smallest absolute Gasteiger partial charge is 0.272 e. The van der Waals surface area contributed by atoms with Crippen LogP contribution >= 0.6 is 11.8 Å². The third-order valence-electron chi connectivity index (χ3n) is 4.19. The van der Waals surface area contributed by atoms with Crippen molar-refractivity contribution in [3.8, 4) is 23.4 Å². The largest absolute Gasteiger partial charge is 0.286 e. The minimum Gasteiger partial charge on any atom is -0.286 e. The maximum Gasteiger partial charge on any atom is 0.272 e. The Labute approximate surface area is 150 Å². The van der Waals surface area contributed by atoms with Gasteiger partial charge < -0.3 is 0 Å². The van der Waals surface area contributed by atoms with Crippen molar-refractivity contribution in [3.05, 3.63) is 39.9 Å². The van der Waals surface area contributed by atoms with E-state index < -0.39 is 5.41 Å². The number of rotatable bonds is 2. The summed E-state index contributed by atoms with van der Waals surface area (Å²) in [7, 11) is 0. The highest BCUT2D eigenvalue weighted by atomic mass is 32.2. The predicted octanol–water partition coefficient (Wildman–Crippen LogP) is 2.72. The number of hydrogen-bond donors (Lipinski definition) is 0. The maximum atomic E-state index is 12.7. The van der Waals surface area contributed by atoms with Gasteiger partial charge in [0.25, 0.3) is 5.56 Å². The summed E-state index contributed by atoms with van der Waals surface area (Å²) in [4.78, 5) is 21.6. The number of nitrogens with zero attached hydrogens (tertiary/aromatic N) is 5. The van der Waals surface area contributed by atoms with E-state index in [2.05, 4.69) is 23.0 Å². The van der Waals surface area contributed by atoms with Gasteiger partial charge in [-0.25, -0.2) is 4.98 Å². The first-order valence-corrected chi connectivity index (χ1v) is 8.92. The normalized spacial score (nSPS) is 16.6. The van der Waals surface area contributed by atoms with E-state index in [0.29, 0.717) is 34.6 Å². The molecule has 0 saturated heterocycles. The van der Waals surface area contributed by atoms with Crippen molar-refractivity contribution in [2.45, 2.75) is 37.9 Å². The molecule has 0 saturated carbocycles.